The van der Waals surface area contributed by atoms with E-state index in [-0.39, 0.29) is 21.3 Å². The van der Waals surface area contributed by atoms with Crippen molar-refractivity contribution in [1.29, 1.82) is 0 Å². The van der Waals surface area contributed by atoms with E-state index in [1.807, 2.05) is 0 Å². The van der Waals surface area contributed by atoms with Gasteiger partial charge in [-0.05, 0) is 59.4 Å². The Kier molecular flexibility index (Phi) is 4.60. The predicted molar refractivity (Wildman–Crippen MR) is 74.6 cm³/mol. The van der Waals surface area contributed by atoms with Crippen molar-refractivity contribution in [3.05, 3.63) is 28.5 Å². The zero-order chi connectivity index (χ0) is 14.0. The first kappa shape index (κ1) is 14.9. The highest BCUT2D eigenvalue weighted by atomic mass is 79.9. The van der Waals surface area contributed by atoms with Gasteiger partial charge in [-0.25, -0.2) is 17.5 Å². The van der Waals surface area contributed by atoms with Crippen LogP contribution in [0, 0.1) is 11.7 Å². The summed E-state index contributed by atoms with van der Waals surface area (Å²) in [4.78, 5) is 0.0524. The molecule has 1 aromatic rings. The number of hydrogen-bond acceptors (Lipinski definition) is 3. The van der Waals surface area contributed by atoms with E-state index < -0.39 is 15.8 Å². The van der Waals surface area contributed by atoms with Gasteiger partial charge in [0.05, 0.1) is 4.90 Å². The Morgan fingerprint density at radius 2 is 2.16 bits per heavy atom. The van der Waals surface area contributed by atoms with E-state index in [2.05, 4.69) is 20.7 Å². The monoisotopic (exact) mass is 350 g/mol. The van der Waals surface area contributed by atoms with E-state index in [1.54, 1.807) is 0 Å². The molecule has 1 saturated carbocycles. The molecule has 0 bridgehead atoms. The second-order valence-electron chi connectivity index (χ2n) is 4.73. The molecule has 19 heavy (non-hydrogen) atoms. The Morgan fingerprint density at radius 1 is 1.42 bits per heavy atom. The Bertz CT molecular complexity index is 565. The largest absolute Gasteiger partial charge is 0.330 e. The van der Waals surface area contributed by atoms with Crippen LogP contribution in [0.25, 0.3) is 0 Å². The fourth-order valence-corrected chi connectivity index (χ4v) is 4.82. The van der Waals surface area contributed by atoms with Crippen LogP contribution in [-0.4, -0.2) is 21.0 Å². The van der Waals surface area contributed by atoms with Crippen LogP contribution in [0.3, 0.4) is 0 Å². The van der Waals surface area contributed by atoms with E-state index in [9.17, 15) is 12.8 Å². The van der Waals surface area contributed by atoms with Gasteiger partial charge in [0, 0.05) is 10.5 Å². The third kappa shape index (κ3) is 3.34. The molecule has 0 radical (unpaired) electrons. The summed E-state index contributed by atoms with van der Waals surface area (Å²) in [6, 6.07) is 3.40. The molecule has 1 aromatic carbocycles. The molecule has 0 heterocycles. The van der Waals surface area contributed by atoms with Crippen LogP contribution in [0.4, 0.5) is 4.39 Å². The first-order valence-electron chi connectivity index (χ1n) is 6.11. The summed E-state index contributed by atoms with van der Waals surface area (Å²) in [5.41, 5.74) is 5.64. The number of sulfonamides is 1. The quantitative estimate of drug-likeness (QED) is 0.872. The molecule has 4 nitrogen and oxygen atoms in total. The standard InChI is InChI=1S/C12H16BrFN2O2S/c13-10-6-9(14)4-5-12(10)19(17,18)16-11-3-1-2-8(11)7-15/h4-6,8,11,16H,1-3,7,15H2/t8-,11-/m1/s1. The molecule has 1 fully saturated rings. The molecule has 0 amide bonds. The Hall–Kier alpha value is -0.500. The second kappa shape index (κ2) is 5.87. The minimum Gasteiger partial charge on any atom is -0.330 e. The molecule has 1 aliphatic rings. The van der Waals surface area contributed by atoms with Gasteiger partial charge in [-0.3, -0.25) is 0 Å². The highest BCUT2D eigenvalue weighted by Crippen LogP contribution is 2.28. The van der Waals surface area contributed by atoms with Crippen molar-refractivity contribution >= 4 is 26.0 Å². The fourth-order valence-electron chi connectivity index (χ4n) is 2.43. The van der Waals surface area contributed by atoms with Crippen LogP contribution in [0.1, 0.15) is 19.3 Å². The van der Waals surface area contributed by atoms with Crippen molar-refractivity contribution in [3.8, 4) is 0 Å². The lowest BCUT2D eigenvalue weighted by Crippen LogP contribution is -2.39. The van der Waals surface area contributed by atoms with Crippen molar-refractivity contribution < 1.29 is 12.8 Å². The third-order valence-corrected chi connectivity index (χ3v) is 5.92. The third-order valence-electron chi connectivity index (χ3n) is 3.45. The lowest BCUT2D eigenvalue weighted by molar-refractivity contribution is 0.452. The molecule has 7 heteroatoms. The van der Waals surface area contributed by atoms with Gasteiger partial charge in [0.15, 0.2) is 0 Å². The summed E-state index contributed by atoms with van der Waals surface area (Å²) >= 11 is 3.08. The zero-order valence-electron chi connectivity index (χ0n) is 10.3. The Balaban J connectivity index is 2.23. The summed E-state index contributed by atoms with van der Waals surface area (Å²) in [6.45, 7) is 0.470. The number of halogens is 2. The van der Waals surface area contributed by atoms with Gasteiger partial charge in [0.1, 0.15) is 5.82 Å². The number of rotatable bonds is 4. The summed E-state index contributed by atoms with van der Waals surface area (Å²) in [5, 5.41) is 0. The maximum Gasteiger partial charge on any atom is 0.241 e. The van der Waals surface area contributed by atoms with Gasteiger partial charge in [-0.2, -0.15) is 0 Å². The first-order valence-corrected chi connectivity index (χ1v) is 8.39. The van der Waals surface area contributed by atoms with Gasteiger partial charge in [-0.1, -0.05) is 6.42 Å². The van der Waals surface area contributed by atoms with Gasteiger partial charge < -0.3 is 5.73 Å². The molecule has 0 unspecified atom stereocenters. The average Bonchev–Trinajstić information content (AvgIpc) is 2.74. The minimum atomic E-state index is -3.65. The van der Waals surface area contributed by atoms with Gasteiger partial charge >= 0.3 is 0 Å². The molecule has 106 valence electrons. The molecule has 2 rings (SSSR count). The summed E-state index contributed by atoms with van der Waals surface area (Å²) in [5.74, 6) is -0.305. The topological polar surface area (TPSA) is 72.2 Å². The maximum absolute atomic E-state index is 13.0. The SMILES string of the molecule is NC[C@H]1CCC[C@H]1NS(=O)(=O)c1ccc(F)cc1Br. The van der Waals surface area contributed by atoms with E-state index >= 15 is 0 Å². The number of nitrogens with two attached hydrogens (primary N) is 1. The number of nitrogens with one attached hydrogen (secondary N) is 1. The van der Waals surface area contributed by atoms with Crippen molar-refractivity contribution in [1.82, 2.24) is 4.72 Å². The van der Waals surface area contributed by atoms with Crippen molar-refractivity contribution in [2.75, 3.05) is 6.54 Å². The maximum atomic E-state index is 13.0. The lowest BCUT2D eigenvalue weighted by atomic mass is 10.1. The van der Waals surface area contributed by atoms with E-state index in [4.69, 9.17) is 5.73 Å². The minimum absolute atomic E-state index is 0.0524. The Morgan fingerprint density at radius 3 is 2.79 bits per heavy atom. The van der Waals surface area contributed by atoms with E-state index in [1.165, 1.54) is 6.07 Å². The molecule has 0 spiro atoms. The molecule has 0 aliphatic heterocycles. The van der Waals surface area contributed by atoms with Gasteiger partial charge in [0.2, 0.25) is 10.0 Å². The smallest absolute Gasteiger partial charge is 0.241 e. The molecule has 1 aliphatic carbocycles. The molecule has 0 aromatic heterocycles. The normalized spacial score (nSPS) is 23.7. The second-order valence-corrected chi connectivity index (χ2v) is 7.27. The van der Waals surface area contributed by atoms with Crippen LogP contribution in [0.2, 0.25) is 0 Å². The van der Waals surface area contributed by atoms with Crippen LogP contribution >= 0.6 is 15.9 Å². The van der Waals surface area contributed by atoms with Gasteiger partial charge in [-0.15, -0.1) is 0 Å². The van der Waals surface area contributed by atoms with Crippen LogP contribution < -0.4 is 10.5 Å². The summed E-state index contributed by atoms with van der Waals surface area (Å²) < 4.78 is 40.4. The van der Waals surface area contributed by atoms with Crippen molar-refractivity contribution in [3.63, 3.8) is 0 Å². The van der Waals surface area contributed by atoms with Crippen LogP contribution in [-0.2, 0) is 10.0 Å². The number of hydrogen-bond donors (Lipinski definition) is 2. The van der Waals surface area contributed by atoms with Crippen LogP contribution in [0.5, 0.6) is 0 Å². The molecule has 0 saturated heterocycles. The highest BCUT2D eigenvalue weighted by Gasteiger charge is 2.31. The predicted octanol–water partition coefficient (Wildman–Crippen LogP) is 1.99. The Labute approximate surface area is 120 Å². The van der Waals surface area contributed by atoms with E-state index in [0.29, 0.717) is 6.54 Å². The highest BCUT2D eigenvalue weighted by molar-refractivity contribution is 9.10. The van der Waals surface area contributed by atoms with Crippen molar-refractivity contribution in [2.24, 2.45) is 11.7 Å². The lowest BCUT2D eigenvalue weighted by Gasteiger charge is -2.19. The molecular weight excluding hydrogens is 335 g/mol. The van der Waals surface area contributed by atoms with Crippen LogP contribution in [0.15, 0.2) is 27.6 Å². The average molecular weight is 351 g/mol. The van der Waals surface area contributed by atoms with Gasteiger partial charge in [0.25, 0.3) is 0 Å². The van der Waals surface area contributed by atoms with Crippen molar-refractivity contribution in [2.45, 2.75) is 30.2 Å². The zero-order valence-corrected chi connectivity index (χ0v) is 12.7. The summed E-state index contributed by atoms with van der Waals surface area (Å²) in [7, 11) is -3.65. The number of benzene rings is 1. The van der Waals surface area contributed by atoms with E-state index in [0.717, 1.165) is 31.4 Å². The fraction of sp³-hybridized carbons (Fsp3) is 0.500. The molecule has 2 atom stereocenters. The first-order chi connectivity index (χ1) is 8.94. The molecule has 3 N–H and O–H groups in total. The molecular formula is C12H16BrFN2O2S. The summed E-state index contributed by atoms with van der Waals surface area (Å²) in [6.07, 6.45) is 2.70.